The van der Waals surface area contributed by atoms with Crippen LogP contribution < -0.4 is 5.32 Å². The zero-order valence-electron chi connectivity index (χ0n) is 9.26. The molecule has 1 atom stereocenters. The fraction of sp³-hybridized carbons (Fsp3) is 0.800. The minimum Gasteiger partial charge on any atom is -0.481 e. The highest BCUT2D eigenvalue weighted by molar-refractivity contribution is 5.82. The Hall–Kier alpha value is -1.06. The van der Waals surface area contributed by atoms with Crippen molar-refractivity contribution in [1.82, 2.24) is 5.32 Å². The molecular weight excluding hydrogens is 182 g/mol. The van der Waals surface area contributed by atoms with Crippen LogP contribution in [0.1, 0.15) is 40.5 Å². The predicted molar refractivity (Wildman–Crippen MR) is 53.9 cm³/mol. The molecule has 4 nitrogen and oxygen atoms in total. The van der Waals surface area contributed by atoms with E-state index in [1.807, 2.05) is 6.92 Å². The van der Waals surface area contributed by atoms with Crippen LogP contribution in [0.4, 0.5) is 0 Å². The van der Waals surface area contributed by atoms with E-state index in [0.29, 0.717) is 6.42 Å². The molecule has 0 fully saturated rings. The van der Waals surface area contributed by atoms with Crippen LogP contribution in [-0.4, -0.2) is 23.0 Å². The Bertz CT molecular complexity index is 218. The third-order valence-electron chi connectivity index (χ3n) is 1.93. The SMILES string of the molecule is CCC(CC(=O)O)NC(=O)C(C)(C)C. The Morgan fingerprint density at radius 3 is 2.14 bits per heavy atom. The van der Waals surface area contributed by atoms with E-state index in [9.17, 15) is 9.59 Å². The lowest BCUT2D eigenvalue weighted by molar-refractivity contribution is -0.138. The predicted octanol–water partition coefficient (Wildman–Crippen LogP) is 1.40. The number of hydrogen-bond acceptors (Lipinski definition) is 2. The number of aliphatic carboxylic acids is 1. The molecule has 0 heterocycles. The maximum atomic E-state index is 11.5. The van der Waals surface area contributed by atoms with Crippen LogP contribution in [0.3, 0.4) is 0 Å². The van der Waals surface area contributed by atoms with E-state index in [1.165, 1.54) is 0 Å². The number of carbonyl (C=O) groups excluding carboxylic acids is 1. The maximum Gasteiger partial charge on any atom is 0.305 e. The van der Waals surface area contributed by atoms with E-state index in [2.05, 4.69) is 5.32 Å². The molecule has 2 N–H and O–H groups in total. The Morgan fingerprint density at radius 2 is 1.86 bits per heavy atom. The second-order valence-electron chi connectivity index (χ2n) is 4.43. The van der Waals surface area contributed by atoms with Gasteiger partial charge in [-0.25, -0.2) is 0 Å². The fourth-order valence-electron chi connectivity index (χ4n) is 0.910. The van der Waals surface area contributed by atoms with E-state index < -0.39 is 11.4 Å². The molecule has 1 unspecified atom stereocenters. The summed E-state index contributed by atoms with van der Waals surface area (Å²) in [5.41, 5.74) is -0.466. The molecule has 0 aromatic heterocycles. The second kappa shape index (κ2) is 4.98. The van der Waals surface area contributed by atoms with Gasteiger partial charge in [0.15, 0.2) is 0 Å². The summed E-state index contributed by atoms with van der Waals surface area (Å²) in [6.07, 6.45) is 0.618. The van der Waals surface area contributed by atoms with Gasteiger partial charge in [0.2, 0.25) is 5.91 Å². The van der Waals surface area contributed by atoms with Gasteiger partial charge in [-0.05, 0) is 6.42 Å². The average Bonchev–Trinajstić information content (AvgIpc) is 2.00. The molecule has 1 amide bonds. The molecule has 0 spiro atoms. The second-order valence-corrected chi connectivity index (χ2v) is 4.43. The zero-order valence-corrected chi connectivity index (χ0v) is 9.26. The summed E-state index contributed by atoms with van der Waals surface area (Å²) in [6, 6.07) is -0.265. The fourth-order valence-corrected chi connectivity index (χ4v) is 0.910. The first-order chi connectivity index (χ1) is 6.27. The number of amides is 1. The van der Waals surface area contributed by atoms with Gasteiger partial charge in [0.05, 0.1) is 6.42 Å². The van der Waals surface area contributed by atoms with Crippen molar-refractivity contribution in [3.63, 3.8) is 0 Å². The number of carbonyl (C=O) groups is 2. The van der Waals surface area contributed by atoms with Crippen LogP contribution in [-0.2, 0) is 9.59 Å². The van der Waals surface area contributed by atoms with Crippen LogP contribution in [0.15, 0.2) is 0 Å². The molecule has 82 valence electrons. The Labute approximate surface area is 84.7 Å². The lowest BCUT2D eigenvalue weighted by Crippen LogP contribution is -2.42. The molecule has 0 aliphatic rings. The molecule has 0 saturated carbocycles. The number of hydrogen-bond donors (Lipinski definition) is 2. The number of rotatable bonds is 4. The molecule has 0 radical (unpaired) electrons. The van der Waals surface area contributed by atoms with Gasteiger partial charge in [-0.3, -0.25) is 9.59 Å². The van der Waals surface area contributed by atoms with Crippen LogP contribution in [0.2, 0.25) is 0 Å². The van der Waals surface area contributed by atoms with E-state index in [1.54, 1.807) is 20.8 Å². The Morgan fingerprint density at radius 1 is 1.36 bits per heavy atom. The van der Waals surface area contributed by atoms with Crippen molar-refractivity contribution in [2.24, 2.45) is 5.41 Å². The molecule has 0 saturated heterocycles. The molecule has 0 aliphatic heterocycles. The molecule has 14 heavy (non-hydrogen) atoms. The van der Waals surface area contributed by atoms with Crippen LogP contribution in [0, 0.1) is 5.41 Å². The summed E-state index contributed by atoms with van der Waals surface area (Å²) in [5, 5.41) is 11.3. The molecule has 0 bridgehead atoms. The van der Waals surface area contributed by atoms with Gasteiger partial charge in [0.25, 0.3) is 0 Å². The summed E-state index contributed by atoms with van der Waals surface area (Å²) in [4.78, 5) is 22.0. The van der Waals surface area contributed by atoms with E-state index in [4.69, 9.17) is 5.11 Å². The summed E-state index contributed by atoms with van der Waals surface area (Å²) in [5.74, 6) is -0.989. The first-order valence-electron chi connectivity index (χ1n) is 4.80. The monoisotopic (exact) mass is 201 g/mol. The Balaban J connectivity index is 4.19. The van der Waals surface area contributed by atoms with Gasteiger partial charge >= 0.3 is 5.97 Å². The van der Waals surface area contributed by atoms with Gasteiger partial charge in [0, 0.05) is 11.5 Å². The van der Waals surface area contributed by atoms with Crippen molar-refractivity contribution < 1.29 is 14.7 Å². The van der Waals surface area contributed by atoms with E-state index in [0.717, 1.165) is 0 Å². The van der Waals surface area contributed by atoms with Crippen molar-refractivity contribution in [3.05, 3.63) is 0 Å². The summed E-state index contributed by atoms with van der Waals surface area (Å²) >= 11 is 0. The van der Waals surface area contributed by atoms with Crippen LogP contribution in [0.25, 0.3) is 0 Å². The quantitative estimate of drug-likeness (QED) is 0.722. The van der Waals surface area contributed by atoms with Crippen molar-refractivity contribution in [1.29, 1.82) is 0 Å². The third-order valence-corrected chi connectivity index (χ3v) is 1.93. The van der Waals surface area contributed by atoms with Crippen molar-refractivity contribution in [3.8, 4) is 0 Å². The van der Waals surface area contributed by atoms with E-state index >= 15 is 0 Å². The van der Waals surface area contributed by atoms with Crippen molar-refractivity contribution in [2.45, 2.75) is 46.6 Å². The maximum absolute atomic E-state index is 11.5. The van der Waals surface area contributed by atoms with E-state index in [-0.39, 0.29) is 18.4 Å². The molecule has 0 aromatic rings. The number of carboxylic acids is 1. The van der Waals surface area contributed by atoms with Gasteiger partial charge in [-0.2, -0.15) is 0 Å². The molecule has 0 rings (SSSR count). The number of carboxylic acid groups (broad SMARTS) is 1. The van der Waals surface area contributed by atoms with Crippen molar-refractivity contribution in [2.75, 3.05) is 0 Å². The largest absolute Gasteiger partial charge is 0.481 e. The normalized spacial score (nSPS) is 13.4. The highest BCUT2D eigenvalue weighted by Gasteiger charge is 2.24. The molecule has 4 heteroatoms. The van der Waals surface area contributed by atoms with Gasteiger partial charge in [-0.1, -0.05) is 27.7 Å². The Kier molecular flexibility index (Phi) is 4.60. The molecule has 0 aromatic carbocycles. The average molecular weight is 201 g/mol. The number of nitrogens with one attached hydrogen (secondary N) is 1. The summed E-state index contributed by atoms with van der Waals surface area (Å²) in [7, 11) is 0. The van der Waals surface area contributed by atoms with Crippen molar-refractivity contribution >= 4 is 11.9 Å². The minimum atomic E-state index is -0.883. The first-order valence-corrected chi connectivity index (χ1v) is 4.80. The molecular formula is C10H19NO3. The summed E-state index contributed by atoms with van der Waals surface area (Å²) in [6.45, 7) is 7.26. The standard InChI is InChI=1S/C10H19NO3/c1-5-7(6-8(12)13)11-9(14)10(2,3)4/h7H,5-6H2,1-4H3,(H,11,14)(H,12,13). The van der Waals surface area contributed by atoms with Gasteiger partial charge < -0.3 is 10.4 Å². The zero-order chi connectivity index (χ0) is 11.4. The molecule has 0 aliphatic carbocycles. The highest BCUT2D eigenvalue weighted by atomic mass is 16.4. The van der Waals surface area contributed by atoms with Gasteiger partial charge in [0.1, 0.15) is 0 Å². The first kappa shape index (κ1) is 12.9. The summed E-state index contributed by atoms with van der Waals surface area (Å²) < 4.78 is 0. The third kappa shape index (κ3) is 4.84. The lowest BCUT2D eigenvalue weighted by Gasteiger charge is -2.22. The highest BCUT2D eigenvalue weighted by Crippen LogP contribution is 2.13. The van der Waals surface area contributed by atoms with Gasteiger partial charge in [-0.15, -0.1) is 0 Å². The minimum absolute atomic E-state index is 0.0156. The lowest BCUT2D eigenvalue weighted by atomic mass is 9.95. The van der Waals surface area contributed by atoms with Crippen LogP contribution in [0.5, 0.6) is 0 Å². The topological polar surface area (TPSA) is 66.4 Å². The smallest absolute Gasteiger partial charge is 0.305 e. The van der Waals surface area contributed by atoms with Crippen LogP contribution >= 0.6 is 0 Å².